The van der Waals surface area contributed by atoms with Crippen molar-refractivity contribution < 1.29 is 9.53 Å². The highest BCUT2D eigenvalue weighted by Gasteiger charge is 2.28. The second kappa shape index (κ2) is 10.4. The zero-order valence-electron chi connectivity index (χ0n) is 16.6. The normalized spacial score (nSPS) is 23.6. The van der Waals surface area contributed by atoms with E-state index in [1.165, 1.54) is 12.0 Å². The summed E-state index contributed by atoms with van der Waals surface area (Å²) in [6.45, 7) is 9.62. The predicted molar refractivity (Wildman–Crippen MR) is 113 cm³/mol. The Morgan fingerprint density at radius 3 is 2.61 bits per heavy atom. The Labute approximate surface area is 174 Å². The van der Waals surface area contributed by atoms with E-state index in [1.54, 1.807) is 0 Å². The van der Waals surface area contributed by atoms with Gasteiger partial charge >= 0.3 is 0 Å². The van der Waals surface area contributed by atoms with Gasteiger partial charge in [0.1, 0.15) is 5.75 Å². The molecule has 6 nitrogen and oxygen atoms in total. The lowest BCUT2D eigenvalue weighted by atomic mass is 10.2. The van der Waals surface area contributed by atoms with Crippen LogP contribution in [0.1, 0.15) is 24.8 Å². The van der Waals surface area contributed by atoms with Gasteiger partial charge in [-0.2, -0.15) is 0 Å². The average Bonchev–Trinajstić information content (AvgIpc) is 3.40. The van der Waals surface area contributed by atoms with Crippen molar-refractivity contribution in [3.05, 3.63) is 29.8 Å². The molecule has 3 heterocycles. The highest BCUT2D eigenvalue weighted by atomic mass is 35.5. The SMILES string of the molecule is Cl.O=C(COc1ccccc1CN1CCC(N2CCNCC2)C1)N1CCCC1. The number of piperazine rings is 1. The van der Waals surface area contributed by atoms with Crippen molar-refractivity contribution in [3.63, 3.8) is 0 Å². The molecule has 1 amide bonds. The molecule has 0 saturated carbocycles. The number of para-hydroxylation sites is 1. The fourth-order valence-electron chi connectivity index (χ4n) is 4.51. The van der Waals surface area contributed by atoms with Crippen LogP contribution in [0.25, 0.3) is 0 Å². The number of benzene rings is 1. The van der Waals surface area contributed by atoms with Crippen molar-refractivity contribution in [2.24, 2.45) is 0 Å². The van der Waals surface area contributed by atoms with Crippen LogP contribution in [-0.4, -0.2) is 85.6 Å². The van der Waals surface area contributed by atoms with Crippen LogP contribution < -0.4 is 10.1 Å². The Morgan fingerprint density at radius 2 is 1.82 bits per heavy atom. The Bertz CT molecular complexity index is 633. The number of amides is 1. The fraction of sp³-hybridized carbons (Fsp3) is 0.667. The van der Waals surface area contributed by atoms with Crippen LogP contribution in [0.4, 0.5) is 0 Å². The van der Waals surface area contributed by atoms with Crippen molar-refractivity contribution in [3.8, 4) is 5.75 Å². The summed E-state index contributed by atoms with van der Waals surface area (Å²) in [4.78, 5) is 19.3. The number of likely N-dealkylation sites (tertiary alicyclic amines) is 2. The molecule has 0 radical (unpaired) electrons. The Morgan fingerprint density at radius 1 is 1.07 bits per heavy atom. The zero-order valence-corrected chi connectivity index (χ0v) is 17.5. The Hall–Kier alpha value is -1.34. The first-order chi connectivity index (χ1) is 13.3. The molecule has 1 N–H and O–H groups in total. The molecule has 0 spiro atoms. The number of ether oxygens (including phenoxy) is 1. The largest absolute Gasteiger partial charge is 0.483 e. The topological polar surface area (TPSA) is 48.1 Å². The van der Waals surface area contributed by atoms with Gasteiger partial charge in [-0.1, -0.05) is 18.2 Å². The highest BCUT2D eigenvalue weighted by Crippen LogP contribution is 2.24. The molecule has 28 heavy (non-hydrogen) atoms. The number of carbonyl (C=O) groups excluding carboxylic acids is 1. The summed E-state index contributed by atoms with van der Waals surface area (Å²) >= 11 is 0. The third-order valence-electron chi connectivity index (χ3n) is 6.09. The summed E-state index contributed by atoms with van der Waals surface area (Å²) in [6, 6.07) is 8.86. The van der Waals surface area contributed by atoms with Gasteiger partial charge in [-0.05, 0) is 25.3 Å². The lowest BCUT2D eigenvalue weighted by Crippen LogP contribution is -2.49. The third kappa shape index (κ3) is 5.38. The Balaban J connectivity index is 0.00000225. The minimum Gasteiger partial charge on any atom is -0.483 e. The first kappa shape index (κ1) is 21.4. The van der Waals surface area contributed by atoms with Crippen molar-refractivity contribution in [2.45, 2.75) is 31.8 Å². The summed E-state index contributed by atoms with van der Waals surface area (Å²) in [6.07, 6.45) is 3.48. The average molecular weight is 409 g/mol. The number of carbonyl (C=O) groups is 1. The van der Waals surface area contributed by atoms with E-state index < -0.39 is 0 Å². The molecule has 7 heteroatoms. The molecule has 3 saturated heterocycles. The summed E-state index contributed by atoms with van der Waals surface area (Å²) < 4.78 is 5.93. The molecule has 1 aromatic carbocycles. The van der Waals surface area contributed by atoms with Gasteiger partial charge in [-0.3, -0.25) is 14.6 Å². The maximum Gasteiger partial charge on any atom is 0.260 e. The van der Waals surface area contributed by atoms with Crippen molar-refractivity contribution in [1.29, 1.82) is 0 Å². The first-order valence-corrected chi connectivity index (χ1v) is 10.5. The zero-order chi connectivity index (χ0) is 18.5. The molecule has 4 rings (SSSR count). The predicted octanol–water partition coefficient (Wildman–Crippen LogP) is 1.59. The maximum absolute atomic E-state index is 12.3. The van der Waals surface area contributed by atoms with Crippen LogP contribution in [-0.2, 0) is 11.3 Å². The standard InChI is InChI=1S/C21H32N4O2.ClH/c26-21(25-10-3-4-11-25)17-27-20-6-2-1-5-18(20)15-23-12-7-19(16-23)24-13-8-22-9-14-24;/h1-2,5-6,19,22H,3-4,7-17H2;1H. The van der Waals surface area contributed by atoms with Gasteiger partial charge in [0.15, 0.2) is 6.61 Å². The third-order valence-corrected chi connectivity index (χ3v) is 6.09. The van der Waals surface area contributed by atoms with Crippen molar-refractivity contribution >= 4 is 18.3 Å². The van der Waals surface area contributed by atoms with E-state index in [2.05, 4.69) is 27.2 Å². The molecule has 1 unspecified atom stereocenters. The molecule has 3 aliphatic rings. The summed E-state index contributed by atoms with van der Waals surface area (Å²) in [5, 5.41) is 3.44. The van der Waals surface area contributed by atoms with Crippen LogP contribution in [0, 0.1) is 0 Å². The van der Waals surface area contributed by atoms with Crippen LogP contribution in [0.3, 0.4) is 0 Å². The van der Waals surface area contributed by atoms with Gasteiger partial charge in [0.05, 0.1) is 0 Å². The van der Waals surface area contributed by atoms with Gasteiger partial charge in [0.25, 0.3) is 5.91 Å². The van der Waals surface area contributed by atoms with Crippen molar-refractivity contribution in [2.75, 3.05) is 59.0 Å². The van der Waals surface area contributed by atoms with E-state index in [9.17, 15) is 4.79 Å². The van der Waals surface area contributed by atoms with Gasteiger partial charge in [-0.25, -0.2) is 0 Å². The second-order valence-electron chi connectivity index (χ2n) is 7.95. The Kier molecular flexibility index (Phi) is 7.97. The monoisotopic (exact) mass is 408 g/mol. The fourth-order valence-corrected chi connectivity index (χ4v) is 4.51. The lowest BCUT2D eigenvalue weighted by molar-refractivity contribution is -0.132. The second-order valence-corrected chi connectivity index (χ2v) is 7.95. The highest BCUT2D eigenvalue weighted by molar-refractivity contribution is 5.85. The van der Waals surface area contributed by atoms with E-state index in [0.717, 1.165) is 77.5 Å². The van der Waals surface area contributed by atoms with Gasteiger partial charge in [0.2, 0.25) is 0 Å². The molecular weight excluding hydrogens is 376 g/mol. The van der Waals surface area contributed by atoms with E-state index in [1.807, 2.05) is 17.0 Å². The summed E-state index contributed by atoms with van der Waals surface area (Å²) in [5.41, 5.74) is 1.19. The first-order valence-electron chi connectivity index (χ1n) is 10.5. The quantitative estimate of drug-likeness (QED) is 0.774. The van der Waals surface area contributed by atoms with E-state index in [0.29, 0.717) is 6.04 Å². The number of hydrogen-bond acceptors (Lipinski definition) is 5. The number of nitrogens with zero attached hydrogens (tertiary/aromatic N) is 3. The molecule has 0 bridgehead atoms. The maximum atomic E-state index is 12.3. The molecule has 156 valence electrons. The molecule has 0 aliphatic carbocycles. The minimum atomic E-state index is 0. The van der Waals surface area contributed by atoms with Crippen LogP contribution >= 0.6 is 12.4 Å². The minimum absolute atomic E-state index is 0. The molecule has 3 aliphatic heterocycles. The summed E-state index contributed by atoms with van der Waals surface area (Å²) in [5.74, 6) is 0.970. The number of hydrogen-bond donors (Lipinski definition) is 1. The number of halogens is 1. The van der Waals surface area contributed by atoms with Gasteiger partial charge in [0, 0.05) is 70.5 Å². The molecule has 0 aromatic heterocycles. The number of nitrogens with one attached hydrogen (secondary N) is 1. The van der Waals surface area contributed by atoms with Gasteiger partial charge in [-0.15, -0.1) is 12.4 Å². The van der Waals surface area contributed by atoms with Crippen LogP contribution in [0.15, 0.2) is 24.3 Å². The van der Waals surface area contributed by atoms with E-state index in [-0.39, 0.29) is 24.9 Å². The molecule has 3 fully saturated rings. The molecule has 1 aromatic rings. The molecule has 1 atom stereocenters. The van der Waals surface area contributed by atoms with Crippen LogP contribution in [0.2, 0.25) is 0 Å². The van der Waals surface area contributed by atoms with E-state index >= 15 is 0 Å². The smallest absolute Gasteiger partial charge is 0.260 e. The molecular formula is C21H33ClN4O2. The van der Waals surface area contributed by atoms with Crippen molar-refractivity contribution in [1.82, 2.24) is 20.0 Å². The number of rotatable bonds is 6. The summed E-state index contributed by atoms with van der Waals surface area (Å²) in [7, 11) is 0. The van der Waals surface area contributed by atoms with E-state index in [4.69, 9.17) is 4.74 Å². The lowest BCUT2D eigenvalue weighted by Gasteiger charge is -2.32. The van der Waals surface area contributed by atoms with Gasteiger partial charge < -0.3 is 15.0 Å². The van der Waals surface area contributed by atoms with Crippen LogP contribution in [0.5, 0.6) is 5.75 Å².